The minimum absolute atomic E-state index is 0.241. The number of aromatic nitrogens is 3. The van der Waals surface area contributed by atoms with E-state index in [4.69, 9.17) is 0 Å². The van der Waals surface area contributed by atoms with Gasteiger partial charge < -0.3 is 14.2 Å². The molecule has 0 amide bonds. The summed E-state index contributed by atoms with van der Waals surface area (Å²) in [6.45, 7) is 0. The molecule has 0 aliphatic heterocycles. The molecule has 1 aromatic heterocycles. The van der Waals surface area contributed by atoms with Crippen molar-refractivity contribution in [2.24, 2.45) is 0 Å². The zero-order chi connectivity index (χ0) is 16.3. The van der Waals surface area contributed by atoms with Crippen LogP contribution in [0.3, 0.4) is 0 Å². The molecule has 0 bridgehead atoms. The predicted molar refractivity (Wildman–Crippen MR) is 62.6 cm³/mol. The molecule has 0 fully saturated rings. The van der Waals surface area contributed by atoms with E-state index >= 15 is 0 Å². The number of carbonyl (C=O) groups is 3. The highest BCUT2D eigenvalue weighted by atomic mass is 16.6. The van der Waals surface area contributed by atoms with Crippen molar-refractivity contribution >= 4 is 18.3 Å². The van der Waals surface area contributed by atoms with Gasteiger partial charge in [0.25, 0.3) is 0 Å². The first-order valence-corrected chi connectivity index (χ1v) is 5.07. The summed E-state index contributed by atoms with van der Waals surface area (Å²) in [5.41, 5.74) is -4.95. The van der Waals surface area contributed by atoms with Crippen LogP contribution >= 0.6 is 0 Å². The van der Waals surface area contributed by atoms with Crippen molar-refractivity contribution in [3.8, 4) is 0 Å². The van der Waals surface area contributed by atoms with Crippen LogP contribution in [0.15, 0.2) is 14.4 Å². The van der Waals surface area contributed by atoms with Crippen molar-refractivity contribution in [1.29, 1.82) is 0 Å². The molecule has 21 heavy (non-hydrogen) atoms. The third-order valence-electron chi connectivity index (χ3n) is 2.22. The molecule has 0 spiro atoms. The molecular formula is C9H9N3O9. The van der Waals surface area contributed by atoms with Crippen LogP contribution < -0.4 is 17.1 Å². The van der Waals surface area contributed by atoms with Crippen molar-refractivity contribution < 1.29 is 28.6 Å². The minimum atomic E-state index is -1.65. The van der Waals surface area contributed by atoms with Crippen molar-refractivity contribution in [2.75, 3.05) is 21.3 Å². The summed E-state index contributed by atoms with van der Waals surface area (Å²) in [6, 6.07) is 0. The van der Waals surface area contributed by atoms with Gasteiger partial charge in [0, 0.05) is 0 Å². The molecule has 1 heterocycles. The molecular weight excluding hydrogens is 294 g/mol. The Hall–Kier alpha value is -3.18. The zero-order valence-corrected chi connectivity index (χ0v) is 11.0. The van der Waals surface area contributed by atoms with Crippen molar-refractivity contribution in [3.63, 3.8) is 0 Å². The van der Waals surface area contributed by atoms with Gasteiger partial charge >= 0.3 is 35.3 Å². The number of hydrogen-bond acceptors (Lipinski definition) is 9. The second-order valence-electron chi connectivity index (χ2n) is 3.26. The Morgan fingerprint density at radius 2 is 0.810 bits per heavy atom. The molecule has 0 radical (unpaired) electrons. The minimum Gasteiger partial charge on any atom is -0.452 e. The molecule has 0 aliphatic rings. The van der Waals surface area contributed by atoms with Crippen LogP contribution in [0.2, 0.25) is 0 Å². The highest BCUT2D eigenvalue weighted by Crippen LogP contribution is 1.83. The highest BCUT2D eigenvalue weighted by molar-refractivity contribution is 5.75. The summed E-state index contributed by atoms with van der Waals surface area (Å²) >= 11 is 0. The van der Waals surface area contributed by atoms with Gasteiger partial charge in [-0.3, -0.25) is 0 Å². The average molecular weight is 303 g/mol. The van der Waals surface area contributed by atoms with Crippen LogP contribution in [0.4, 0.5) is 14.4 Å². The van der Waals surface area contributed by atoms with E-state index in [0.717, 1.165) is 21.3 Å². The van der Waals surface area contributed by atoms with Crippen LogP contribution in [0.1, 0.15) is 0 Å². The molecule has 1 rings (SSSR count). The smallest absolute Gasteiger partial charge is 0.426 e. The Morgan fingerprint density at radius 1 is 0.619 bits per heavy atom. The Labute approximate surface area is 114 Å². The van der Waals surface area contributed by atoms with Gasteiger partial charge in [0.15, 0.2) is 0 Å². The van der Waals surface area contributed by atoms with Gasteiger partial charge in [0.2, 0.25) is 0 Å². The maximum Gasteiger partial charge on any atom is 0.426 e. The molecule has 0 saturated heterocycles. The molecule has 12 nitrogen and oxygen atoms in total. The molecule has 0 atom stereocenters. The molecule has 1 aromatic rings. The molecule has 114 valence electrons. The lowest BCUT2D eigenvalue weighted by Crippen LogP contribution is -2.59. The SMILES string of the molecule is COC(=O)n1c(=O)n(C(=O)OC)c(=O)n(C(=O)OC)c1=O. The molecule has 0 unspecified atom stereocenters. The normalized spacial score (nSPS) is 9.86. The predicted octanol–water partition coefficient (Wildman–Crippen LogP) is -1.98. The van der Waals surface area contributed by atoms with E-state index in [1.165, 1.54) is 0 Å². The second kappa shape index (κ2) is 5.85. The zero-order valence-electron chi connectivity index (χ0n) is 11.0. The highest BCUT2D eigenvalue weighted by Gasteiger charge is 2.27. The van der Waals surface area contributed by atoms with Gasteiger partial charge in [0.1, 0.15) is 0 Å². The number of nitrogens with zero attached hydrogens (tertiary/aromatic N) is 3. The summed E-state index contributed by atoms with van der Waals surface area (Å²) in [6.07, 6.45) is -4.54. The third kappa shape index (κ3) is 2.45. The lowest BCUT2D eigenvalue weighted by Gasteiger charge is -2.09. The number of ether oxygens (including phenoxy) is 3. The number of rotatable bonds is 0. The summed E-state index contributed by atoms with van der Waals surface area (Å²) in [4.78, 5) is 69.7. The average Bonchev–Trinajstić information content (AvgIpc) is 2.46. The van der Waals surface area contributed by atoms with Crippen LogP contribution in [0.25, 0.3) is 0 Å². The van der Waals surface area contributed by atoms with E-state index < -0.39 is 35.3 Å². The number of hydrogen-bond donors (Lipinski definition) is 0. The van der Waals surface area contributed by atoms with Crippen LogP contribution in [-0.4, -0.2) is 53.3 Å². The standard InChI is InChI=1S/C9H9N3O9/c1-19-7(16)10-4(13)11(8(17)20-2)6(15)12(5(10)14)9(18)21-3/h1-3H3. The fourth-order valence-corrected chi connectivity index (χ4v) is 1.29. The fourth-order valence-electron chi connectivity index (χ4n) is 1.29. The van der Waals surface area contributed by atoms with Gasteiger partial charge in [-0.2, -0.15) is 0 Å². The Kier molecular flexibility index (Phi) is 4.42. The summed E-state index contributed by atoms with van der Waals surface area (Å²) < 4.78 is 11.8. The maximum atomic E-state index is 11.8. The molecule has 0 saturated carbocycles. The summed E-state index contributed by atoms with van der Waals surface area (Å²) in [7, 11) is 2.51. The first kappa shape index (κ1) is 15.9. The van der Waals surface area contributed by atoms with Gasteiger partial charge in [-0.25, -0.2) is 28.8 Å². The van der Waals surface area contributed by atoms with E-state index in [9.17, 15) is 28.8 Å². The van der Waals surface area contributed by atoms with Crippen LogP contribution in [0.5, 0.6) is 0 Å². The summed E-state index contributed by atoms with van der Waals surface area (Å²) in [5.74, 6) is 0. The Bertz CT molecular complexity index is 646. The van der Waals surface area contributed by atoms with Crippen LogP contribution in [-0.2, 0) is 14.2 Å². The molecule has 12 heteroatoms. The second-order valence-corrected chi connectivity index (χ2v) is 3.26. The van der Waals surface area contributed by atoms with E-state index in [1.807, 2.05) is 0 Å². The van der Waals surface area contributed by atoms with E-state index in [-0.39, 0.29) is 13.7 Å². The quantitative estimate of drug-likeness (QED) is 0.497. The Balaban J connectivity index is 4.03. The van der Waals surface area contributed by atoms with Crippen molar-refractivity contribution in [3.05, 3.63) is 31.5 Å². The summed E-state index contributed by atoms with van der Waals surface area (Å²) in [5, 5.41) is 0. The topological polar surface area (TPSA) is 145 Å². The number of carbonyl (C=O) groups excluding carboxylic acids is 3. The third-order valence-corrected chi connectivity index (χ3v) is 2.22. The first-order valence-electron chi connectivity index (χ1n) is 5.07. The van der Waals surface area contributed by atoms with Gasteiger partial charge in [-0.05, 0) is 0 Å². The van der Waals surface area contributed by atoms with Gasteiger partial charge in [-0.1, -0.05) is 0 Å². The van der Waals surface area contributed by atoms with Crippen molar-refractivity contribution in [2.45, 2.75) is 0 Å². The molecule has 0 N–H and O–H groups in total. The molecule has 0 aromatic carbocycles. The van der Waals surface area contributed by atoms with Gasteiger partial charge in [0.05, 0.1) is 21.3 Å². The van der Waals surface area contributed by atoms with Crippen LogP contribution in [0, 0.1) is 0 Å². The van der Waals surface area contributed by atoms with E-state index in [2.05, 4.69) is 14.2 Å². The largest absolute Gasteiger partial charge is 0.452 e. The monoisotopic (exact) mass is 303 g/mol. The fraction of sp³-hybridized carbons (Fsp3) is 0.333. The van der Waals surface area contributed by atoms with E-state index in [1.54, 1.807) is 0 Å². The molecule has 0 aliphatic carbocycles. The van der Waals surface area contributed by atoms with Crippen molar-refractivity contribution in [1.82, 2.24) is 13.7 Å². The van der Waals surface area contributed by atoms with Gasteiger partial charge in [-0.15, -0.1) is 13.7 Å². The maximum absolute atomic E-state index is 11.8. The number of methoxy groups -OCH3 is 3. The Morgan fingerprint density at radius 3 is 0.952 bits per heavy atom. The lowest BCUT2D eigenvalue weighted by atomic mass is 10.7. The lowest BCUT2D eigenvalue weighted by molar-refractivity contribution is 0.156. The first-order chi connectivity index (χ1) is 9.81. The van der Waals surface area contributed by atoms with E-state index in [0.29, 0.717) is 0 Å².